The van der Waals surface area contributed by atoms with Crippen molar-refractivity contribution in [2.24, 2.45) is 0 Å². The average molecular weight is 665 g/mol. The number of unbranched alkanes of at least 4 members (excludes halogenated alkanes) is 2. The van der Waals surface area contributed by atoms with Gasteiger partial charge < -0.3 is 30.9 Å². The molecule has 1 saturated heterocycles. The Morgan fingerprint density at radius 1 is 0.837 bits per heavy atom. The summed E-state index contributed by atoms with van der Waals surface area (Å²) in [6.07, 6.45) is 2.58. The molecule has 49 heavy (non-hydrogen) atoms. The second kappa shape index (κ2) is 17.7. The molecule has 4 aromatic carbocycles. The van der Waals surface area contributed by atoms with Crippen molar-refractivity contribution in [3.8, 4) is 0 Å². The van der Waals surface area contributed by atoms with Crippen molar-refractivity contribution in [2.75, 3.05) is 30.0 Å². The fourth-order valence-corrected chi connectivity index (χ4v) is 6.06. The van der Waals surface area contributed by atoms with E-state index >= 15 is 0 Å². The number of nitrogens with two attached hydrogens (primary N) is 1. The molecule has 1 aliphatic rings. The Hall–Kier alpha value is -4.54. The Balaban J connectivity index is 1.17. The minimum Gasteiger partial charge on any atom is -0.397 e. The predicted molar refractivity (Wildman–Crippen MR) is 194 cm³/mol. The standard InChI is InChI=1S/C40H48N4O5/c1-28(30-12-5-3-6-13-30)44(2)26-34-25-37(31-22-20-29(27-45)21-23-31)49-40(48-34)32-14-11-15-33(24-32)42-38(46)18-7-4-8-19-39(47)43-36-17-10-9-16-35(36)41/h3,5-6,9-17,20-24,28,34,37,40,45H,4,7-8,18-19,25-27,41H2,1-2H3,(H,42,46)(H,43,47)/t28-,34-,37+,40+/m0/s1. The lowest BCUT2D eigenvalue weighted by Gasteiger charge is -2.39. The number of rotatable bonds is 15. The zero-order valence-corrected chi connectivity index (χ0v) is 28.4. The third-order valence-electron chi connectivity index (χ3n) is 9.03. The first-order chi connectivity index (χ1) is 23.8. The third kappa shape index (κ3) is 10.5. The largest absolute Gasteiger partial charge is 0.397 e. The van der Waals surface area contributed by atoms with Crippen LogP contribution in [0.5, 0.6) is 0 Å². The van der Waals surface area contributed by atoms with Crippen LogP contribution in [0.25, 0.3) is 0 Å². The number of ether oxygens (including phenoxy) is 2. The fraction of sp³-hybridized carbons (Fsp3) is 0.350. The molecule has 0 radical (unpaired) electrons. The van der Waals surface area contributed by atoms with Gasteiger partial charge in [-0.2, -0.15) is 0 Å². The number of carbonyl (C=O) groups is 2. The fourth-order valence-electron chi connectivity index (χ4n) is 6.06. The zero-order chi connectivity index (χ0) is 34.6. The number of nitrogen functional groups attached to an aromatic ring is 1. The van der Waals surface area contributed by atoms with Gasteiger partial charge in [0.05, 0.1) is 30.2 Å². The molecule has 0 bridgehead atoms. The van der Waals surface area contributed by atoms with Crippen LogP contribution in [-0.4, -0.2) is 41.5 Å². The number of aliphatic hydroxyl groups excluding tert-OH is 1. The summed E-state index contributed by atoms with van der Waals surface area (Å²) < 4.78 is 13.1. The number of likely N-dealkylation sites (N-methyl/N-ethyl adjacent to an activating group) is 1. The smallest absolute Gasteiger partial charge is 0.224 e. The van der Waals surface area contributed by atoms with E-state index in [-0.39, 0.29) is 36.7 Å². The van der Waals surface area contributed by atoms with Crippen LogP contribution in [0.3, 0.4) is 0 Å². The van der Waals surface area contributed by atoms with Gasteiger partial charge in [0.1, 0.15) is 0 Å². The summed E-state index contributed by atoms with van der Waals surface area (Å²) in [5, 5.41) is 15.4. The molecule has 5 rings (SSSR count). The molecular formula is C40H48N4O5. The van der Waals surface area contributed by atoms with E-state index in [9.17, 15) is 14.7 Å². The zero-order valence-electron chi connectivity index (χ0n) is 28.4. The van der Waals surface area contributed by atoms with E-state index in [1.165, 1.54) is 5.56 Å². The Labute approximate surface area is 289 Å². The molecule has 0 saturated carbocycles. The van der Waals surface area contributed by atoms with Gasteiger partial charge in [-0.25, -0.2) is 0 Å². The molecule has 1 heterocycles. The van der Waals surface area contributed by atoms with Crippen LogP contribution < -0.4 is 16.4 Å². The number of nitrogens with zero attached hydrogens (tertiary/aromatic N) is 1. The van der Waals surface area contributed by atoms with Crippen molar-refractivity contribution in [3.63, 3.8) is 0 Å². The summed E-state index contributed by atoms with van der Waals surface area (Å²) >= 11 is 0. The predicted octanol–water partition coefficient (Wildman–Crippen LogP) is 7.53. The quantitative estimate of drug-likeness (QED) is 0.0765. The minimum atomic E-state index is -0.629. The van der Waals surface area contributed by atoms with Gasteiger partial charge in [0.25, 0.3) is 0 Å². The maximum absolute atomic E-state index is 12.8. The molecule has 4 aromatic rings. The van der Waals surface area contributed by atoms with Crippen molar-refractivity contribution < 1.29 is 24.2 Å². The monoisotopic (exact) mass is 664 g/mol. The number of benzene rings is 4. The highest BCUT2D eigenvalue weighted by Crippen LogP contribution is 2.39. The first kappa shape index (κ1) is 35.8. The van der Waals surface area contributed by atoms with Crippen molar-refractivity contribution >= 4 is 28.9 Å². The SMILES string of the molecule is C[C@@H](c1ccccc1)N(C)C[C@@H]1C[C@H](c2ccc(CO)cc2)O[C@H](c2cccc(NC(=O)CCCCCC(=O)Nc3ccccc3N)c2)O1. The van der Waals surface area contributed by atoms with Crippen LogP contribution >= 0.6 is 0 Å². The Morgan fingerprint density at radius 3 is 2.24 bits per heavy atom. The van der Waals surface area contributed by atoms with Crippen LogP contribution in [0.15, 0.2) is 103 Å². The number of nitrogens with one attached hydrogen (secondary N) is 2. The maximum Gasteiger partial charge on any atom is 0.224 e. The molecule has 258 valence electrons. The molecule has 1 aliphatic heterocycles. The number of anilines is 3. The number of carbonyl (C=O) groups excluding carboxylic acids is 2. The van der Waals surface area contributed by atoms with Crippen LogP contribution in [0.1, 0.15) is 86.1 Å². The van der Waals surface area contributed by atoms with Crippen molar-refractivity contribution in [1.29, 1.82) is 0 Å². The Bertz CT molecular complexity index is 1650. The number of para-hydroxylation sites is 2. The van der Waals surface area contributed by atoms with Gasteiger partial charge in [0.15, 0.2) is 6.29 Å². The minimum absolute atomic E-state index is 0.0112. The normalized spacial score (nSPS) is 18.2. The number of hydrogen-bond acceptors (Lipinski definition) is 7. The maximum atomic E-state index is 12.8. The van der Waals surface area contributed by atoms with Gasteiger partial charge in [0.2, 0.25) is 11.8 Å². The van der Waals surface area contributed by atoms with Crippen LogP contribution in [0.4, 0.5) is 17.1 Å². The number of amides is 2. The molecule has 0 aliphatic carbocycles. The summed E-state index contributed by atoms with van der Waals surface area (Å²) in [6.45, 7) is 2.89. The summed E-state index contributed by atoms with van der Waals surface area (Å²) in [7, 11) is 2.11. The van der Waals surface area contributed by atoms with E-state index in [2.05, 4.69) is 53.8 Å². The van der Waals surface area contributed by atoms with E-state index in [0.717, 1.165) is 23.1 Å². The summed E-state index contributed by atoms with van der Waals surface area (Å²) in [4.78, 5) is 27.4. The summed E-state index contributed by atoms with van der Waals surface area (Å²) in [5.41, 5.74) is 11.7. The van der Waals surface area contributed by atoms with Gasteiger partial charge in [-0.3, -0.25) is 14.5 Å². The second-order valence-electron chi connectivity index (χ2n) is 12.7. The Kier molecular flexibility index (Phi) is 12.9. The number of hydrogen-bond donors (Lipinski definition) is 4. The summed E-state index contributed by atoms with van der Waals surface area (Å²) in [6, 6.07) is 33.3. The van der Waals surface area contributed by atoms with Crippen LogP contribution in [0, 0.1) is 0 Å². The molecule has 1 fully saturated rings. The lowest BCUT2D eigenvalue weighted by Crippen LogP contribution is -2.38. The number of aliphatic hydroxyl groups is 1. The van der Waals surface area contributed by atoms with Crippen molar-refractivity contribution in [2.45, 2.75) is 76.6 Å². The van der Waals surface area contributed by atoms with Gasteiger partial charge in [0, 0.05) is 43.1 Å². The molecule has 0 spiro atoms. The highest BCUT2D eigenvalue weighted by molar-refractivity contribution is 5.93. The molecule has 0 aromatic heterocycles. The van der Waals surface area contributed by atoms with E-state index in [0.29, 0.717) is 55.7 Å². The molecule has 9 heteroatoms. The lowest BCUT2D eigenvalue weighted by atomic mass is 9.99. The summed E-state index contributed by atoms with van der Waals surface area (Å²) in [5.74, 6) is -0.171. The van der Waals surface area contributed by atoms with Crippen molar-refractivity contribution in [1.82, 2.24) is 4.90 Å². The van der Waals surface area contributed by atoms with Crippen LogP contribution in [-0.2, 0) is 25.7 Å². The van der Waals surface area contributed by atoms with Gasteiger partial charge in [-0.05, 0) is 67.8 Å². The topological polar surface area (TPSA) is 126 Å². The van der Waals surface area contributed by atoms with Gasteiger partial charge >= 0.3 is 0 Å². The first-order valence-corrected chi connectivity index (χ1v) is 17.1. The second-order valence-corrected chi connectivity index (χ2v) is 12.7. The van der Waals surface area contributed by atoms with Crippen molar-refractivity contribution in [3.05, 3.63) is 125 Å². The molecule has 2 amide bonds. The molecule has 5 N–H and O–H groups in total. The third-order valence-corrected chi connectivity index (χ3v) is 9.03. The van der Waals surface area contributed by atoms with E-state index in [4.69, 9.17) is 15.2 Å². The average Bonchev–Trinajstić information content (AvgIpc) is 3.12. The van der Waals surface area contributed by atoms with Crippen LogP contribution in [0.2, 0.25) is 0 Å². The first-order valence-electron chi connectivity index (χ1n) is 17.1. The lowest BCUT2D eigenvalue weighted by molar-refractivity contribution is -0.253. The van der Waals surface area contributed by atoms with Gasteiger partial charge in [-0.15, -0.1) is 0 Å². The molecule has 0 unspecified atom stereocenters. The van der Waals surface area contributed by atoms with E-state index < -0.39 is 6.29 Å². The molecule has 9 nitrogen and oxygen atoms in total. The van der Waals surface area contributed by atoms with E-state index in [1.54, 1.807) is 12.1 Å². The van der Waals surface area contributed by atoms with Gasteiger partial charge in [-0.1, -0.05) is 85.3 Å². The Morgan fingerprint density at radius 2 is 1.53 bits per heavy atom. The molecular weight excluding hydrogens is 616 g/mol. The molecule has 4 atom stereocenters. The van der Waals surface area contributed by atoms with E-state index in [1.807, 2.05) is 66.7 Å². The highest BCUT2D eigenvalue weighted by Gasteiger charge is 2.33. The highest BCUT2D eigenvalue weighted by atomic mass is 16.7.